The van der Waals surface area contributed by atoms with Crippen LogP contribution in [0.15, 0.2) is 29.2 Å². The fourth-order valence-corrected chi connectivity index (χ4v) is 5.72. The second-order valence-electron chi connectivity index (χ2n) is 9.65. The highest BCUT2D eigenvalue weighted by Gasteiger charge is 2.32. The first-order valence-electron chi connectivity index (χ1n) is 11.3. The largest absolute Gasteiger partial charge is 0.342 e. The molecule has 2 heterocycles. The van der Waals surface area contributed by atoms with Gasteiger partial charge in [0.25, 0.3) is 0 Å². The van der Waals surface area contributed by atoms with Crippen LogP contribution in [-0.4, -0.2) is 55.6 Å². The lowest BCUT2D eigenvalue weighted by atomic mass is 9.90. The van der Waals surface area contributed by atoms with Crippen molar-refractivity contribution in [1.29, 1.82) is 0 Å². The molecular weight excluding hydrogens is 414 g/mol. The molecule has 2 aliphatic heterocycles. The SMILES string of the molecule is CC(C)(C)C(=O)N1CCC(C(=O)Nc2ccc(S(=O)(=O)N3CCCCCC3)cc2)CC1. The van der Waals surface area contributed by atoms with Gasteiger partial charge in [0.05, 0.1) is 4.90 Å². The Bertz CT molecular complexity index is 874. The lowest BCUT2D eigenvalue weighted by Crippen LogP contribution is -2.45. The molecule has 1 aromatic carbocycles. The zero-order valence-electron chi connectivity index (χ0n) is 18.9. The predicted molar refractivity (Wildman–Crippen MR) is 121 cm³/mol. The number of piperidine rings is 1. The summed E-state index contributed by atoms with van der Waals surface area (Å²) in [6.07, 6.45) is 5.20. The Kier molecular flexibility index (Phi) is 7.42. The van der Waals surface area contributed by atoms with Crippen molar-refractivity contribution in [2.45, 2.75) is 64.2 Å². The van der Waals surface area contributed by atoms with Crippen LogP contribution in [0.25, 0.3) is 0 Å². The molecule has 2 aliphatic rings. The average molecular weight is 450 g/mol. The summed E-state index contributed by atoms with van der Waals surface area (Å²) in [6, 6.07) is 6.45. The number of amides is 2. The van der Waals surface area contributed by atoms with Crippen LogP contribution in [0.5, 0.6) is 0 Å². The smallest absolute Gasteiger partial charge is 0.243 e. The fourth-order valence-electron chi connectivity index (χ4n) is 4.20. The third-order valence-electron chi connectivity index (χ3n) is 6.12. The maximum Gasteiger partial charge on any atom is 0.243 e. The molecule has 2 amide bonds. The Morgan fingerprint density at radius 2 is 1.45 bits per heavy atom. The standard InChI is InChI=1S/C23H35N3O4S/c1-23(2,3)22(28)25-16-12-18(13-17-25)21(27)24-19-8-10-20(11-9-19)31(29,30)26-14-6-4-5-7-15-26/h8-11,18H,4-7,12-17H2,1-3H3,(H,24,27). The van der Waals surface area contributed by atoms with E-state index >= 15 is 0 Å². The summed E-state index contributed by atoms with van der Waals surface area (Å²) < 4.78 is 27.3. The van der Waals surface area contributed by atoms with Gasteiger partial charge in [0.1, 0.15) is 0 Å². The molecule has 1 aromatic rings. The van der Waals surface area contributed by atoms with Gasteiger partial charge in [-0.05, 0) is 49.9 Å². The molecule has 2 saturated heterocycles. The maximum atomic E-state index is 12.9. The van der Waals surface area contributed by atoms with Crippen molar-refractivity contribution >= 4 is 27.5 Å². The van der Waals surface area contributed by atoms with Crippen molar-refractivity contribution in [3.8, 4) is 0 Å². The lowest BCUT2D eigenvalue weighted by molar-refractivity contribution is -0.142. The molecule has 172 valence electrons. The number of carbonyl (C=O) groups is 2. The van der Waals surface area contributed by atoms with Crippen molar-refractivity contribution < 1.29 is 18.0 Å². The number of anilines is 1. The summed E-state index contributed by atoms with van der Waals surface area (Å²) in [5.74, 6) is -0.108. The van der Waals surface area contributed by atoms with Gasteiger partial charge in [0, 0.05) is 43.2 Å². The second-order valence-corrected chi connectivity index (χ2v) is 11.6. The molecule has 0 aliphatic carbocycles. The van der Waals surface area contributed by atoms with Crippen LogP contribution in [0, 0.1) is 11.3 Å². The van der Waals surface area contributed by atoms with Crippen molar-refractivity contribution in [1.82, 2.24) is 9.21 Å². The van der Waals surface area contributed by atoms with E-state index in [-0.39, 0.29) is 22.6 Å². The zero-order valence-corrected chi connectivity index (χ0v) is 19.7. The Morgan fingerprint density at radius 1 is 0.903 bits per heavy atom. The number of nitrogens with one attached hydrogen (secondary N) is 1. The van der Waals surface area contributed by atoms with E-state index in [2.05, 4.69) is 5.32 Å². The minimum atomic E-state index is -3.49. The number of carbonyl (C=O) groups excluding carboxylic acids is 2. The van der Waals surface area contributed by atoms with Gasteiger partial charge in [0.15, 0.2) is 0 Å². The van der Waals surface area contributed by atoms with Gasteiger partial charge in [-0.3, -0.25) is 9.59 Å². The normalized spacial score (nSPS) is 19.6. The second kappa shape index (κ2) is 9.69. The first-order valence-corrected chi connectivity index (χ1v) is 12.7. The molecule has 0 radical (unpaired) electrons. The highest BCUT2D eigenvalue weighted by atomic mass is 32.2. The first kappa shape index (κ1) is 23.7. The molecule has 3 rings (SSSR count). The summed E-state index contributed by atoms with van der Waals surface area (Å²) in [5, 5.41) is 2.90. The Hall–Kier alpha value is -1.93. The number of nitrogens with zero attached hydrogens (tertiary/aromatic N) is 2. The molecule has 0 bridgehead atoms. The monoisotopic (exact) mass is 449 g/mol. The van der Waals surface area contributed by atoms with Crippen LogP contribution in [-0.2, 0) is 19.6 Å². The quantitative estimate of drug-likeness (QED) is 0.762. The lowest BCUT2D eigenvalue weighted by Gasteiger charge is -2.35. The zero-order chi connectivity index (χ0) is 22.6. The van der Waals surface area contributed by atoms with Gasteiger partial charge in [-0.15, -0.1) is 0 Å². The van der Waals surface area contributed by atoms with Crippen molar-refractivity contribution in [3.63, 3.8) is 0 Å². The molecule has 0 saturated carbocycles. The number of hydrogen-bond acceptors (Lipinski definition) is 4. The van der Waals surface area contributed by atoms with Crippen molar-refractivity contribution in [2.75, 3.05) is 31.5 Å². The van der Waals surface area contributed by atoms with E-state index in [0.29, 0.717) is 44.7 Å². The number of rotatable bonds is 4. The van der Waals surface area contributed by atoms with Crippen molar-refractivity contribution in [3.05, 3.63) is 24.3 Å². The highest BCUT2D eigenvalue weighted by Crippen LogP contribution is 2.25. The number of benzene rings is 1. The van der Waals surface area contributed by atoms with Gasteiger partial charge in [-0.2, -0.15) is 4.31 Å². The molecule has 0 spiro atoms. The van der Waals surface area contributed by atoms with Crippen LogP contribution in [0.4, 0.5) is 5.69 Å². The summed E-state index contributed by atoms with van der Waals surface area (Å²) in [5.41, 5.74) is 0.179. The molecular formula is C23H35N3O4S. The first-order chi connectivity index (χ1) is 14.6. The van der Waals surface area contributed by atoms with E-state index in [0.717, 1.165) is 25.7 Å². The van der Waals surface area contributed by atoms with Crippen LogP contribution in [0.2, 0.25) is 0 Å². The maximum absolute atomic E-state index is 12.9. The molecule has 0 unspecified atom stereocenters. The highest BCUT2D eigenvalue weighted by molar-refractivity contribution is 7.89. The molecule has 31 heavy (non-hydrogen) atoms. The van der Waals surface area contributed by atoms with E-state index in [1.807, 2.05) is 25.7 Å². The van der Waals surface area contributed by atoms with Gasteiger partial charge < -0.3 is 10.2 Å². The molecule has 7 nitrogen and oxygen atoms in total. The summed E-state index contributed by atoms with van der Waals surface area (Å²) >= 11 is 0. The predicted octanol–water partition coefficient (Wildman–Crippen LogP) is 3.47. The molecule has 0 atom stereocenters. The Morgan fingerprint density at radius 3 is 1.97 bits per heavy atom. The molecule has 2 fully saturated rings. The number of hydrogen-bond donors (Lipinski definition) is 1. The average Bonchev–Trinajstić information content (AvgIpc) is 3.03. The van der Waals surface area contributed by atoms with E-state index < -0.39 is 15.4 Å². The summed E-state index contributed by atoms with van der Waals surface area (Å²) in [6.45, 7) is 8.03. The molecule has 8 heteroatoms. The topological polar surface area (TPSA) is 86.8 Å². The van der Waals surface area contributed by atoms with Crippen molar-refractivity contribution in [2.24, 2.45) is 11.3 Å². The summed E-state index contributed by atoms with van der Waals surface area (Å²) in [4.78, 5) is 27.2. The molecule has 1 N–H and O–H groups in total. The van der Waals surface area contributed by atoms with Gasteiger partial charge in [-0.25, -0.2) is 8.42 Å². The fraction of sp³-hybridized carbons (Fsp3) is 0.652. The Balaban J connectivity index is 1.56. The molecule has 0 aromatic heterocycles. The third kappa shape index (κ3) is 5.86. The van der Waals surface area contributed by atoms with Gasteiger partial charge in [-0.1, -0.05) is 33.6 Å². The van der Waals surface area contributed by atoms with Crippen LogP contribution in [0.1, 0.15) is 59.3 Å². The number of sulfonamides is 1. The number of likely N-dealkylation sites (tertiary alicyclic amines) is 1. The van der Waals surface area contributed by atoms with Crippen LogP contribution >= 0.6 is 0 Å². The van der Waals surface area contributed by atoms with Crippen LogP contribution in [0.3, 0.4) is 0 Å². The van der Waals surface area contributed by atoms with E-state index in [9.17, 15) is 18.0 Å². The third-order valence-corrected chi connectivity index (χ3v) is 8.03. The minimum absolute atomic E-state index is 0.0778. The van der Waals surface area contributed by atoms with E-state index in [4.69, 9.17) is 0 Å². The summed E-state index contributed by atoms with van der Waals surface area (Å²) in [7, 11) is -3.49. The van der Waals surface area contributed by atoms with Gasteiger partial charge in [0.2, 0.25) is 21.8 Å². The van der Waals surface area contributed by atoms with Gasteiger partial charge >= 0.3 is 0 Å². The Labute approximate surface area is 186 Å². The van der Waals surface area contributed by atoms with Crippen LogP contribution < -0.4 is 5.32 Å². The van der Waals surface area contributed by atoms with E-state index in [1.54, 1.807) is 28.6 Å². The minimum Gasteiger partial charge on any atom is -0.342 e. The van der Waals surface area contributed by atoms with E-state index in [1.165, 1.54) is 0 Å².